The highest BCUT2D eigenvalue weighted by Gasteiger charge is 2.17. The number of sulfonamides is 1. The molecule has 0 aliphatic rings. The molecular weight excluding hydrogens is 394 g/mol. The van der Waals surface area contributed by atoms with E-state index < -0.39 is 10.0 Å². The molecule has 8 heteroatoms. The molecule has 0 saturated heterocycles. The van der Waals surface area contributed by atoms with Crippen molar-refractivity contribution in [3.63, 3.8) is 0 Å². The number of methoxy groups -OCH3 is 1. The predicted octanol–water partition coefficient (Wildman–Crippen LogP) is 4.48. The first-order chi connectivity index (χ1) is 13.5. The predicted molar refractivity (Wildman–Crippen MR) is 111 cm³/mol. The lowest BCUT2D eigenvalue weighted by molar-refractivity contribution is 0.413. The molecule has 4 rings (SSSR count). The van der Waals surface area contributed by atoms with Crippen molar-refractivity contribution in [3.05, 3.63) is 66.4 Å². The van der Waals surface area contributed by atoms with E-state index in [2.05, 4.69) is 14.7 Å². The van der Waals surface area contributed by atoms with Gasteiger partial charge in [0, 0.05) is 17.8 Å². The van der Waals surface area contributed by atoms with E-state index in [1.54, 1.807) is 24.4 Å². The molecule has 142 valence electrons. The average molecular weight is 412 g/mol. The fourth-order valence-corrected chi connectivity index (χ4v) is 4.85. The molecule has 2 aromatic carbocycles. The molecule has 0 fully saturated rings. The Labute approximate surface area is 166 Å². The highest BCUT2D eigenvalue weighted by atomic mass is 32.2. The largest absolute Gasteiger partial charge is 0.497 e. The van der Waals surface area contributed by atoms with Crippen LogP contribution >= 0.6 is 11.3 Å². The van der Waals surface area contributed by atoms with Crippen LogP contribution in [0.1, 0.15) is 5.56 Å². The van der Waals surface area contributed by atoms with Crippen molar-refractivity contribution in [2.75, 3.05) is 11.8 Å². The molecule has 0 radical (unpaired) electrons. The van der Waals surface area contributed by atoms with Crippen LogP contribution in [0.2, 0.25) is 0 Å². The second-order valence-corrected chi connectivity index (χ2v) is 8.82. The van der Waals surface area contributed by atoms with Crippen molar-refractivity contribution < 1.29 is 13.2 Å². The molecule has 0 unspecified atom stereocenters. The number of hydrogen-bond donors (Lipinski definition) is 1. The molecule has 2 aromatic heterocycles. The maximum atomic E-state index is 12.7. The van der Waals surface area contributed by atoms with Crippen LogP contribution in [0.15, 0.2) is 65.7 Å². The van der Waals surface area contributed by atoms with Crippen molar-refractivity contribution >= 4 is 37.4 Å². The molecule has 28 heavy (non-hydrogen) atoms. The Bertz CT molecular complexity index is 1230. The van der Waals surface area contributed by atoms with Gasteiger partial charge in [-0.05, 0) is 55.0 Å². The van der Waals surface area contributed by atoms with E-state index in [4.69, 9.17) is 4.74 Å². The zero-order chi connectivity index (χ0) is 19.7. The second-order valence-electron chi connectivity index (χ2n) is 6.16. The number of thiazole rings is 1. The monoisotopic (exact) mass is 411 g/mol. The molecule has 0 spiro atoms. The fourth-order valence-electron chi connectivity index (χ4n) is 2.78. The van der Waals surface area contributed by atoms with E-state index in [1.807, 2.05) is 31.2 Å². The van der Waals surface area contributed by atoms with Crippen molar-refractivity contribution in [3.8, 4) is 16.3 Å². The Morgan fingerprint density at radius 2 is 1.93 bits per heavy atom. The Kier molecular flexibility index (Phi) is 4.74. The molecule has 1 N–H and O–H groups in total. The summed E-state index contributed by atoms with van der Waals surface area (Å²) in [6.07, 6.45) is 1.74. The van der Waals surface area contributed by atoms with Gasteiger partial charge in [-0.15, -0.1) is 0 Å². The average Bonchev–Trinajstić information content (AvgIpc) is 3.14. The molecule has 2 heterocycles. The van der Waals surface area contributed by atoms with Crippen molar-refractivity contribution in [1.82, 2.24) is 9.97 Å². The zero-order valence-corrected chi connectivity index (χ0v) is 16.8. The van der Waals surface area contributed by atoms with Gasteiger partial charge in [0.2, 0.25) is 0 Å². The first-order valence-corrected chi connectivity index (χ1v) is 10.8. The summed E-state index contributed by atoms with van der Waals surface area (Å²) in [7, 11) is -2.22. The number of ether oxygens (including phenoxy) is 1. The zero-order valence-electron chi connectivity index (χ0n) is 15.2. The number of nitrogens with zero attached hydrogens (tertiary/aromatic N) is 2. The third-order valence-electron chi connectivity index (χ3n) is 4.24. The summed E-state index contributed by atoms with van der Waals surface area (Å²) < 4.78 is 33.2. The lowest BCUT2D eigenvalue weighted by Gasteiger charge is -2.12. The number of anilines is 1. The normalized spacial score (nSPS) is 11.5. The molecule has 0 atom stereocenters. The lowest BCUT2D eigenvalue weighted by atomic mass is 10.1. The highest BCUT2D eigenvalue weighted by Crippen LogP contribution is 2.31. The number of benzene rings is 2. The van der Waals surface area contributed by atoms with E-state index in [-0.39, 0.29) is 4.90 Å². The Hall–Kier alpha value is -2.97. The van der Waals surface area contributed by atoms with Gasteiger partial charge in [0.1, 0.15) is 21.1 Å². The Morgan fingerprint density at radius 1 is 1.07 bits per heavy atom. The van der Waals surface area contributed by atoms with E-state index in [1.165, 1.54) is 30.6 Å². The van der Waals surface area contributed by atoms with Gasteiger partial charge in [-0.3, -0.25) is 4.72 Å². The maximum Gasteiger partial charge on any atom is 0.262 e. The lowest BCUT2D eigenvalue weighted by Crippen LogP contribution is -2.13. The summed E-state index contributed by atoms with van der Waals surface area (Å²) in [5.41, 5.74) is 3.09. The van der Waals surface area contributed by atoms with Crippen LogP contribution in [-0.2, 0) is 10.0 Å². The van der Waals surface area contributed by atoms with Gasteiger partial charge in [0.05, 0.1) is 17.7 Å². The molecule has 4 aromatic rings. The van der Waals surface area contributed by atoms with Crippen LogP contribution in [0.4, 0.5) is 5.69 Å². The number of fused-ring (bicyclic) bond motifs is 1. The summed E-state index contributed by atoms with van der Waals surface area (Å²) in [5, 5.41) is 0.846. The highest BCUT2D eigenvalue weighted by molar-refractivity contribution is 7.92. The van der Waals surface area contributed by atoms with Gasteiger partial charge in [-0.1, -0.05) is 17.4 Å². The van der Waals surface area contributed by atoms with E-state index >= 15 is 0 Å². The Morgan fingerprint density at radius 3 is 2.68 bits per heavy atom. The van der Waals surface area contributed by atoms with Gasteiger partial charge < -0.3 is 4.74 Å². The first-order valence-electron chi connectivity index (χ1n) is 8.46. The van der Waals surface area contributed by atoms with Gasteiger partial charge >= 0.3 is 0 Å². The van der Waals surface area contributed by atoms with Crippen molar-refractivity contribution in [2.45, 2.75) is 11.8 Å². The van der Waals surface area contributed by atoms with Gasteiger partial charge in [-0.2, -0.15) is 0 Å². The van der Waals surface area contributed by atoms with E-state index in [0.29, 0.717) is 11.4 Å². The minimum Gasteiger partial charge on any atom is -0.497 e. The molecule has 6 nitrogen and oxygen atoms in total. The summed E-state index contributed by atoms with van der Waals surface area (Å²) in [4.78, 5) is 9.94. The number of aryl methyl sites for hydroxylation is 1. The van der Waals surface area contributed by atoms with Crippen LogP contribution in [0.5, 0.6) is 5.75 Å². The number of rotatable bonds is 5. The standard InChI is InChI=1S/C20H17N3O3S2/c1-13-11-14(19-22-18-7-4-10-21-20(18)27-19)8-9-17(13)23-28(24,25)16-6-3-5-15(12-16)26-2/h3-12,23H,1-2H3. The number of hydrogen-bond acceptors (Lipinski definition) is 6. The molecule has 0 aliphatic heterocycles. The first kappa shape index (κ1) is 18.4. The van der Waals surface area contributed by atoms with Crippen LogP contribution < -0.4 is 9.46 Å². The van der Waals surface area contributed by atoms with Crippen LogP contribution in [0.25, 0.3) is 20.9 Å². The molecule has 0 aliphatic carbocycles. The maximum absolute atomic E-state index is 12.7. The summed E-state index contributed by atoms with van der Waals surface area (Å²) in [6, 6.07) is 15.7. The van der Waals surface area contributed by atoms with Gasteiger partial charge in [-0.25, -0.2) is 18.4 Å². The summed E-state index contributed by atoms with van der Waals surface area (Å²) in [5.74, 6) is 0.486. The number of nitrogens with one attached hydrogen (secondary N) is 1. The minimum absolute atomic E-state index is 0.146. The van der Waals surface area contributed by atoms with Crippen LogP contribution in [-0.4, -0.2) is 25.5 Å². The molecule has 0 amide bonds. The Balaban J connectivity index is 1.64. The van der Waals surface area contributed by atoms with Crippen molar-refractivity contribution in [1.29, 1.82) is 0 Å². The molecule has 0 saturated carbocycles. The quantitative estimate of drug-likeness (QED) is 0.524. The van der Waals surface area contributed by atoms with Crippen LogP contribution in [0.3, 0.4) is 0 Å². The van der Waals surface area contributed by atoms with Crippen molar-refractivity contribution in [2.24, 2.45) is 0 Å². The summed E-state index contributed by atoms with van der Waals surface area (Å²) >= 11 is 1.50. The minimum atomic E-state index is -3.72. The van der Waals surface area contributed by atoms with E-state index in [9.17, 15) is 8.42 Å². The number of aromatic nitrogens is 2. The molecular formula is C20H17N3O3S2. The van der Waals surface area contributed by atoms with Gasteiger partial charge in [0.15, 0.2) is 0 Å². The number of pyridine rings is 1. The third-order valence-corrected chi connectivity index (χ3v) is 6.63. The third kappa shape index (κ3) is 3.56. The van der Waals surface area contributed by atoms with Crippen LogP contribution in [0, 0.1) is 6.92 Å². The smallest absolute Gasteiger partial charge is 0.262 e. The van der Waals surface area contributed by atoms with E-state index in [0.717, 1.165) is 26.5 Å². The fraction of sp³-hybridized carbons (Fsp3) is 0.100. The SMILES string of the molecule is COc1cccc(S(=O)(=O)Nc2ccc(-c3nc4cccnc4s3)cc2C)c1. The van der Waals surface area contributed by atoms with Gasteiger partial charge in [0.25, 0.3) is 10.0 Å². The topological polar surface area (TPSA) is 81.2 Å². The summed E-state index contributed by atoms with van der Waals surface area (Å²) in [6.45, 7) is 1.86. The second kappa shape index (κ2) is 7.21. The molecule has 0 bridgehead atoms.